The quantitative estimate of drug-likeness (QED) is 0.114. The molecule has 5 aromatic rings. The first-order valence-electron chi connectivity index (χ1n) is 17.5. The predicted molar refractivity (Wildman–Crippen MR) is 196 cm³/mol. The molecule has 0 bridgehead atoms. The minimum Gasteiger partial charge on any atom is -0.457 e. The first-order chi connectivity index (χ1) is 25.0. The van der Waals surface area contributed by atoms with E-state index in [1.54, 1.807) is 12.1 Å². The molecule has 5 aromatic carbocycles. The molecular formula is C42H43N3O6. The third-order valence-electron chi connectivity index (χ3n) is 9.29. The monoisotopic (exact) mass is 685 g/mol. The largest absolute Gasteiger partial charge is 0.457 e. The Kier molecular flexibility index (Phi) is 11.0. The lowest BCUT2D eigenvalue weighted by molar-refractivity contribution is -0.252. The molecule has 262 valence electrons. The van der Waals surface area contributed by atoms with E-state index in [0.717, 1.165) is 58.6 Å². The van der Waals surface area contributed by atoms with Gasteiger partial charge in [0.05, 0.1) is 24.9 Å². The fourth-order valence-corrected chi connectivity index (χ4v) is 6.61. The summed E-state index contributed by atoms with van der Waals surface area (Å²) >= 11 is 0. The molecule has 0 radical (unpaired) electrons. The van der Waals surface area contributed by atoms with Crippen molar-refractivity contribution in [2.45, 2.75) is 50.6 Å². The van der Waals surface area contributed by atoms with Gasteiger partial charge in [-0.3, -0.25) is 4.90 Å². The van der Waals surface area contributed by atoms with Crippen LogP contribution in [0.3, 0.4) is 0 Å². The summed E-state index contributed by atoms with van der Waals surface area (Å²) in [7, 11) is 0. The Hall–Kier alpha value is -5.03. The fraction of sp³-hybridized carbons (Fsp3) is 0.262. The van der Waals surface area contributed by atoms with E-state index in [-0.39, 0.29) is 30.9 Å². The number of β-amino-alcohol motifs (C(OH)–C–C–N with tert-alkyl or cyclic N) is 1. The number of nitrogens with zero attached hydrogens (tertiary/aromatic N) is 1. The molecule has 0 saturated carbocycles. The van der Waals surface area contributed by atoms with Crippen molar-refractivity contribution in [3.63, 3.8) is 0 Å². The van der Waals surface area contributed by atoms with Crippen LogP contribution in [0.15, 0.2) is 127 Å². The molecule has 0 aromatic heterocycles. The number of amides is 2. The maximum absolute atomic E-state index is 12.7. The molecule has 2 aliphatic heterocycles. The van der Waals surface area contributed by atoms with Crippen molar-refractivity contribution in [1.82, 2.24) is 10.2 Å². The van der Waals surface area contributed by atoms with Crippen molar-refractivity contribution in [2.24, 2.45) is 0 Å². The van der Waals surface area contributed by atoms with Gasteiger partial charge in [0.2, 0.25) is 0 Å². The van der Waals surface area contributed by atoms with Crippen molar-refractivity contribution in [2.75, 3.05) is 25.0 Å². The summed E-state index contributed by atoms with van der Waals surface area (Å²) in [6.07, 6.45) is 0.334. The summed E-state index contributed by atoms with van der Waals surface area (Å²) in [5.41, 5.74) is 6.47. The van der Waals surface area contributed by atoms with Crippen LogP contribution in [-0.4, -0.2) is 53.0 Å². The number of benzene rings is 5. The number of hydrogen-bond donors (Lipinski definition) is 4. The molecule has 0 aliphatic carbocycles. The Morgan fingerprint density at radius 2 is 1.53 bits per heavy atom. The Balaban J connectivity index is 0.997. The highest BCUT2D eigenvalue weighted by Crippen LogP contribution is 2.39. The number of anilines is 1. The smallest absolute Gasteiger partial charge is 0.319 e. The number of carbonyl (C=O) groups is 1. The van der Waals surface area contributed by atoms with Gasteiger partial charge in [-0.05, 0) is 82.8 Å². The summed E-state index contributed by atoms with van der Waals surface area (Å²) < 4.78 is 19.0. The molecule has 0 spiro atoms. The number of para-hydroxylation sites is 1. The van der Waals surface area contributed by atoms with E-state index in [4.69, 9.17) is 14.2 Å². The SMILES string of the molecule is O=C(NCc1cccc(-c2cccc([C@H]3O[C@@H](CN4CC[C@H](O)C4)C[C@@H](c4ccc(CO)cc4)O3)c2)c1)Nc1ccc(Oc2ccccc2)cc1. The van der Waals surface area contributed by atoms with E-state index < -0.39 is 6.29 Å². The highest BCUT2D eigenvalue weighted by atomic mass is 16.7. The molecule has 2 amide bonds. The predicted octanol–water partition coefficient (Wildman–Crippen LogP) is 7.57. The number of aliphatic hydroxyl groups excluding tert-OH is 2. The molecule has 0 unspecified atom stereocenters. The molecule has 2 heterocycles. The van der Waals surface area contributed by atoms with Gasteiger partial charge >= 0.3 is 6.03 Å². The van der Waals surface area contributed by atoms with Gasteiger partial charge in [0, 0.05) is 43.9 Å². The minimum atomic E-state index is -0.578. The summed E-state index contributed by atoms with van der Waals surface area (Å²) in [5, 5.41) is 25.5. The Morgan fingerprint density at radius 3 is 2.27 bits per heavy atom. The van der Waals surface area contributed by atoms with Crippen molar-refractivity contribution < 1.29 is 29.2 Å². The van der Waals surface area contributed by atoms with Gasteiger partial charge in [0.1, 0.15) is 11.5 Å². The molecule has 4 N–H and O–H groups in total. The highest BCUT2D eigenvalue weighted by Gasteiger charge is 2.34. The van der Waals surface area contributed by atoms with Crippen LogP contribution >= 0.6 is 0 Å². The molecule has 9 heteroatoms. The van der Waals surface area contributed by atoms with Crippen molar-refractivity contribution in [3.8, 4) is 22.6 Å². The summed E-state index contributed by atoms with van der Waals surface area (Å²) in [5.74, 6) is 1.44. The number of urea groups is 1. The van der Waals surface area contributed by atoms with Gasteiger partial charge < -0.3 is 35.1 Å². The second kappa shape index (κ2) is 16.3. The zero-order chi connectivity index (χ0) is 35.0. The fourth-order valence-electron chi connectivity index (χ4n) is 6.61. The van der Waals surface area contributed by atoms with Crippen LogP contribution in [0.2, 0.25) is 0 Å². The van der Waals surface area contributed by atoms with Crippen LogP contribution in [0, 0.1) is 0 Å². The molecule has 2 fully saturated rings. The van der Waals surface area contributed by atoms with Gasteiger partial charge in [-0.1, -0.05) is 78.9 Å². The Morgan fingerprint density at radius 1 is 0.784 bits per heavy atom. The highest BCUT2D eigenvalue weighted by molar-refractivity contribution is 5.89. The third-order valence-corrected chi connectivity index (χ3v) is 9.29. The number of nitrogens with one attached hydrogen (secondary N) is 2. The van der Waals surface area contributed by atoms with Crippen LogP contribution in [-0.2, 0) is 22.6 Å². The van der Waals surface area contributed by atoms with Crippen molar-refractivity contribution in [1.29, 1.82) is 0 Å². The van der Waals surface area contributed by atoms with Gasteiger partial charge in [0.15, 0.2) is 6.29 Å². The number of rotatable bonds is 11. The first-order valence-corrected chi connectivity index (χ1v) is 17.5. The van der Waals surface area contributed by atoms with Gasteiger partial charge in [0.25, 0.3) is 0 Å². The van der Waals surface area contributed by atoms with E-state index in [9.17, 15) is 15.0 Å². The summed E-state index contributed by atoms with van der Waals surface area (Å²) in [6.45, 7) is 2.57. The second-order valence-electron chi connectivity index (χ2n) is 13.1. The summed E-state index contributed by atoms with van der Waals surface area (Å²) in [6, 6.07) is 40.7. The zero-order valence-electron chi connectivity index (χ0n) is 28.4. The van der Waals surface area contributed by atoms with Gasteiger partial charge in [-0.2, -0.15) is 0 Å². The minimum absolute atomic E-state index is 0.00478. The molecular weight excluding hydrogens is 642 g/mol. The van der Waals surface area contributed by atoms with Gasteiger partial charge in [-0.15, -0.1) is 0 Å². The van der Waals surface area contributed by atoms with Crippen LogP contribution < -0.4 is 15.4 Å². The maximum atomic E-state index is 12.7. The molecule has 4 atom stereocenters. The molecule has 7 rings (SSSR count). The maximum Gasteiger partial charge on any atom is 0.319 e. The number of ether oxygens (including phenoxy) is 3. The third kappa shape index (κ3) is 9.21. The second-order valence-corrected chi connectivity index (χ2v) is 13.1. The molecule has 9 nitrogen and oxygen atoms in total. The normalized spacial score (nSPS) is 20.5. The van der Waals surface area contributed by atoms with E-state index in [2.05, 4.69) is 39.8 Å². The molecule has 2 aliphatic rings. The van der Waals surface area contributed by atoms with E-state index in [0.29, 0.717) is 30.9 Å². The van der Waals surface area contributed by atoms with Crippen LogP contribution in [0.4, 0.5) is 10.5 Å². The average Bonchev–Trinajstić information content (AvgIpc) is 3.59. The van der Waals surface area contributed by atoms with Crippen LogP contribution in [0.1, 0.15) is 47.5 Å². The van der Waals surface area contributed by atoms with Gasteiger partial charge in [-0.25, -0.2) is 4.79 Å². The lowest BCUT2D eigenvalue weighted by Crippen LogP contribution is -2.38. The van der Waals surface area contributed by atoms with Crippen molar-refractivity contribution >= 4 is 11.7 Å². The number of aliphatic hydroxyl groups is 2. The average molecular weight is 686 g/mol. The molecule has 51 heavy (non-hydrogen) atoms. The lowest BCUT2D eigenvalue weighted by Gasteiger charge is -2.38. The lowest BCUT2D eigenvalue weighted by atomic mass is 9.98. The first kappa shape index (κ1) is 34.4. The van der Waals surface area contributed by atoms with Crippen LogP contribution in [0.25, 0.3) is 11.1 Å². The standard InChI is InChI=1S/C42H43N3O6/c46-28-29-12-14-31(15-13-29)40-24-39(27-45-21-20-36(47)26-45)50-41(51-40)34-9-5-8-33(23-34)32-7-4-6-30(22-32)25-43-42(48)44-35-16-18-38(19-17-35)49-37-10-2-1-3-11-37/h1-19,22-23,36,39-41,46-47H,20-21,24-28H2,(H2,43,44,48)/t36-,39+,40-,41-/m0/s1. The molecule has 2 saturated heterocycles. The Labute approximate surface area is 298 Å². The van der Waals surface area contributed by atoms with E-state index >= 15 is 0 Å². The number of carbonyl (C=O) groups excluding carboxylic acids is 1. The van der Waals surface area contributed by atoms with Crippen molar-refractivity contribution in [3.05, 3.63) is 150 Å². The van der Waals surface area contributed by atoms with E-state index in [1.165, 1.54) is 0 Å². The zero-order valence-corrected chi connectivity index (χ0v) is 28.4. The number of hydrogen-bond acceptors (Lipinski definition) is 7. The topological polar surface area (TPSA) is 113 Å². The number of likely N-dealkylation sites (tertiary alicyclic amines) is 1. The van der Waals surface area contributed by atoms with E-state index in [1.807, 2.05) is 91.0 Å². The summed E-state index contributed by atoms with van der Waals surface area (Å²) in [4.78, 5) is 15.0. The van der Waals surface area contributed by atoms with Crippen LogP contribution in [0.5, 0.6) is 11.5 Å². The Bertz CT molecular complexity index is 1890.